The Balaban J connectivity index is 2.21. The second kappa shape index (κ2) is 6.58. The van der Waals surface area contributed by atoms with Crippen molar-refractivity contribution in [3.63, 3.8) is 0 Å². The molecule has 0 radical (unpaired) electrons. The molecule has 0 fully saturated rings. The van der Waals surface area contributed by atoms with Gasteiger partial charge in [0.05, 0.1) is 5.88 Å². The lowest BCUT2D eigenvalue weighted by Gasteiger charge is -2.16. The Morgan fingerprint density at radius 3 is 2.65 bits per heavy atom. The average molecular weight is 395 g/mol. The molecule has 0 aliphatic heterocycles. The van der Waals surface area contributed by atoms with Crippen molar-refractivity contribution >= 4 is 48.9 Å². The summed E-state index contributed by atoms with van der Waals surface area (Å²) in [6.07, 6.45) is 0. The molecule has 1 heterocycles. The normalized spacial score (nSPS) is 12.0. The fraction of sp³-hybridized carbons (Fsp3) is 0.231. The summed E-state index contributed by atoms with van der Waals surface area (Å²) in [5.41, 5.74) is 0.930. The highest BCUT2D eigenvalue weighted by atomic mass is 79.9. The minimum atomic E-state index is -3.46. The molecule has 0 saturated heterocycles. The maximum Gasteiger partial charge on any atom is 0.252 e. The van der Waals surface area contributed by atoms with Crippen LogP contribution in [-0.2, 0) is 22.4 Å². The van der Waals surface area contributed by atoms with Gasteiger partial charge in [0.25, 0.3) is 10.0 Å². The molecular weight excluding hydrogens is 382 g/mol. The van der Waals surface area contributed by atoms with Crippen molar-refractivity contribution in [2.45, 2.75) is 16.6 Å². The highest BCUT2D eigenvalue weighted by Gasteiger charge is 2.22. The van der Waals surface area contributed by atoms with Gasteiger partial charge in [0.1, 0.15) is 4.21 Å². The molecule has 1 aromatic heterocycles. The van der Waals surface area contributed by atoms with E-state index in [9.17, 15) is 8.42 Å². The third-order valence-corrected chi connectivity index (χ3v) is 7.02. The number of benzene rings is 1. The summed E-state index contributed by atoms with van der Waals surface area (Å²) in [5, 5.41) is 0. The largest absolute Gasteiger partial charge is 0.252 e. The van der Waals surface area contributed by atoms with Crippen LogP contribution in [0.3, 0.4) is 0 Å². The molecule has 0 aliphatic carbocycles. The molecule has 108 valence electrons. The fourth-order valence-corrected chi connectivity index (χ4v) is 4.97. The summed E-state index contributed by atoms with van der Waals surface area (Å²) < 4.78 is 27.5. The van der Waals surface area contributed by atoms with Gasteiger partial charge in [-0.25, -0.2) is 8.42 Å². The molecule has 7 heteroatoms. The van der Waals surface area contributed by atoms with E-state index < -0.39 is 10.0 Å². The minimum absolute atomic E-state index is 0.325. The van der Waals surface area contributed by atoms with E-state index in [2.05, 4.69) is 15.9 Å². The van der Waals surface area contributed by atoms with E-state index in [1.54, 1.807) is 19.2 Å². The maximum absolute atomic E-state index is 12.4. The third-order valence-electron chi connectivity index (χ3n) is 2.73. The van der Waals surface area contributed by atoms with E-state index in [1.807, 2.05) is 24.3 Å². The van der Waals surface area contributed by atoms with Gasteiger partial charge in [0, 0.05) is 22.9 Å². The molecule has 0 unspecified atom stereocenters. The number of rotatable bonds is 5. The van der Waals surface area contributed by atoms with Gasteiger partial charge >= 0.3 is 0 Å². The highest BCUT2D eigenvalue weighted by molar-refractivity contribution is 9.10. The second-order valence-electron chi connectivity index (χ2n) is 4.25. The van der Waals surface area contributed by atoms with E-state index in [0.717, 1.165) is 14.9 Å². The third kappa shape index (κ3) is 3.62. The molecule has 2 rings (SSSR count). The van der Waals surface area contributed by atoms with Crippen molar-refractivity contribution in [2.24, 2.45) is 0 Å². The first-order valence-corrected chi connectivity index (χ1v) is 9.37. The molecule has 0 amide bonds. The van der Waals surface area contributed by atoms with Gasteiger partial charge in [-0.1, -0.05) is 28.1 Å². The lowest BCUT2D eigenvalue weighted by molar-refractivity contribution is 0.468. The summed E-state index contributed by atoms with van der Waals surface area (Å²) in [7, 11) is -1.88. The Morgan fingerprint density at radius 1 is 1.30 bits per heavy atom. The van der Waals surface area contributed by atoms with Crippen LogP contribution in [0.4, 0.5) is 0 Å². The van der Waals surface area contributed by atoms with Crippen LogP contribution in [0.15, 0.2) is 45.1 Å². The smallest absolute Gasteiger partial charge is 0.206 e. The van der Waals surface area contributed by atoms with Crippen LogP contribution in [0.25, 0.3) is 0 Å². The van der Waals surface area contributed by atoms with E-state index in [1.165, 1.54) is 15.6 Å². The first-order valence-electron chi connectivity index (χ1n) is 5.79. The first kappa shape index (κ1) is 16.0. The summed E-state index contributed by atoms with van der Waals surface area (Å²) in [5.74, 6) is 0.329. The van der Waals surface area contributed by atoms with Gasteiger partial charge < -0.3 is 0 Å². The lowest BCUT2D eigenvalue weighted by atomic mass is 10.2. The SMILES string of the molecule is CN(Cc1cccc(Br)c1)S(=O)(=O)c1ccc(CCl)s1. The van der Waals surface area contributed by atoms with Gasteiger partial charge in [-0.3, -0.25) is 0 Å². The predicted molar refractivity (Wildman–Crippen MR) is 86.7 cm³/mol. The van der Waals surface area contributed by atoms with Crippen molar-refractivity contribution in [1.29, 1.82) is 0 Å². The lowest BCUT2D eigenvalue weighted by Crippen LogP contribution is -2.25. The Hall–Kier alpha value is -0.400. The van der Waals surface area contributed by atoms with Crippen molar-refractivity contribution in [3.8, 4) is 0 Å². The van der Waals surface area contributed by atoms with Crippen LogP contribution in [0.1, 0.15) is 10.4 Å². The van der Waals surface area contributed by atoms with E-state index in [0.29, 0.717) is 16.6 Å². The molecule has 0 aliphatic rings. The zero-order valence-corrected chi connectivity index (χ0v) is 14.7. The van der Waals surface area contributed by atoms with E-state index in [4.69, 9.17) is 11.6 Å². The molecular formula is C13H13BrClNO2S2. The van der Waals surface area contributed by atoms with Crippen LogP contribution < -0.4 is 0 Å². The Kier molecular flexibility index (Phi) is 5.25. The Bertz CT molecular complexity index is 700. The number of nitrogens with zero attached hydrogens (tertiary/aromatic N) is 1. The van der Waals surface area contributed by atoms with Crippen LogP contribution in [-0.4, -0.2) is 19.8 Å². The standard InChI is InChI=1S/C13H13BrClNO2S2/c1-16(9-10-3-2-4-11(14)7-10)20(17,18)13-6-5-12(8-15)19-13/h2-7H,8-9H2,1H3. The van der Waals surface area contributed by atoms with Gasteiger partial charge in [-0.15, -0.1) is 22.9 Å². The van der Waals surface area contributed by atoms with Gasteiger partial charge in [0.2, 0.25) is 0 Å². The van der Waals surface area contributed by atoms with Gasteiger partial charge in [-0.05, 0) is 29.8 Å². The van der Waals surface area contributed by atoms with Crippen molar-refractivity contribution in [2.75, 3.05) is 7.05 Å². The van der Waals surface area contributed by atoms with Crippen LogP contribution in [0.2, 0.25) is 0 Å². The van der Waals surface area contributed by atoms with Crippen LogP contribution >= 0.6 is 38.9 Å². The molecule has 0 N–H and O–H groups in total. The summed E-state index contributed by atoms with van der Waals surface area (Å²) in [6.45, 7) is 0.329. The molecule has 20 heavy (non-hydrogen) atoms. The van der Waals surface area contributed by atoms with E-state index >= 15 is 0 Å². The van der Waals surface area contributed by atoms with Crippen LogP contribution in [0, 0.1) is 0 Å². The number of thiophene rings is 1. The van der Waals surface area contributed by atoms with Gasteiger partial charge in [0.15, 0.2) is 0 Å². The topological polar surface area (TPSA) is 37.4 Å². The summed E-state index contributed by atoms with van der Waals surface area (Å²) in [6, 6.07) is 11.0. The number of hydrogen-bond acceptors (Lipinski definition) is 3. The van der Waals surface area contributed by atoms with Gasteiger partial charge in [-0.2, -0.15) is 4.31 Å². The molecule has 1 aromatic carbocycles. The number of alkyl halides is 1. The van der Waals surface area contributed by atoms with Crippen molar-refractivity contribution in [1.82, 2.24) is 4.31 Å². The Morgan fingerprint density at radius 2 is 2.05 bits per heavy atom. The fourth-order valence-electron chi connectivity index (χ4n) is 1.70. The molecule has 0 spiro atoms. The quantitative estimate of drug-likeness (QED) is 0.717. The van der Waals surface area contributed by atoms with Crippen LogP contribution in [0.5, 0.6) is 0 Å². The second-order valence-corrected chi connectivity index (χ2v) is 8.87. The maximum atomic E-state index is 12.4. The summed E-state index contributed by atoms with van der Waals surface area (Å²) in [4.78, 5) is 0.848. The monoisotopic (exact) mass is 393 g/mol. The predicted octanol–water partition coefficient (Wildman–Crippen LogP) is 4.07. The molecule has 3 nitrogen and oxygen atoms in total. The Labute approximate surface area is 136 Å². The van der Waals surface area contributed by atoms with E-state index in [-0.39, 0.29) is 0 Å². The number of sulfonamides is 1. The molecule has 2 aromatic rings. The zero-order valence-electron chi connectivity index (χ0n) is 10.7. The molecule has 0 saturated carbocycles. The zero-order chi connectivity index (χ0) is 14.8. The summed E-state index contributed by atoms with van der Waals surface area (Å²) >= 11 is 10.3. The average Bonchev–Trinajstić information content (AvgIpc) is 2.88. The molecule has 0 atom stereocenters. The first-order chi connectivity index (χ1) is 9.43. The number of hydrogen-bond donors (Lipinski definition) is 0. The van der Waals surface area contributed by atoms with Crippen molar-refractivity contribution < 1.29 is 8.42 Å². The molecule has 0 bridgehead atoms. The highest BCUT2D eigenvalue weighted by Crippen LogP contribution is 2.26. The minimum Gasteiger partial charge on any atom is -0.206 e. The van der Waals surface area contributed by atoms with Crippen molar-refractivity contribution in [3.05, 3.63) is 51.3 Å². The number of halogens is 2.